The van der Waals surface area contributed by atoms with Crippen LogP contribution in [0.2, 0.25) is 0 Å². The normalized spacial score (nSPS) is 17.5. The third-order valence-electron chi connectivity index (χ3n) is 5.45. The minimum atomic E-state index is 0.0773. The molecule has 154 valence electrons. The second-order valence-electron chi connectivity index (χ2n) is 7.85. The van der Waals surface area contributed by atoms with Gasteiger partial charge in [-0.3, -0.25) is 4.79 Å². The first-order valence-corrected chi connectivity index (χ1v) is 11.7. The van der Waals surface area contributed by atoms with E-state index in [1.165, 1.54) is 18.4 Å². The molecule has 1 saturated heterocycles. The zero-order valence-electron chi connectivity index (χ0n) is 17.1. The zero-order valence-corrected chi connectivity index (χ0v) is 20.2. The van der Waals surface area contributed by atoms with Crippen molar-refractivity contribution in [2.45, 2.75) is 32.2 Å². The first-order chi connectivity index (χ1) is 13.9. The van der Waals surface area contributed by atoms with Crippen LogP contribution in [0.5, 0.6) is 0 Å². The van der Waals surface area contributed by atoms with Crippen LogP contribution < -0.4 is 0 Å². The fraction of sp³-hybridized carbons (Fsp3) is 0.375. The summed E-state index contributed by atoms with van der Waals surface area (Å²) in [5.41, 5.74) is 3.05. The highest BCUT2D eigenvalue weighted by Gasteiger charge is 2.23. The molecule has 1 unspecified atom stereocenters. The van der Waals surface area contributed by atoms with Gasteiger partial charge in [-0.2, -0.15) is 0 Å². The Morgan fingerprint density at radius 3 is 2.48 bits per heavy atom. The molecule has 0 N–H and O–H groups in total. The van der Waals surface area contributed by atoms with E-state index in [9.17, 15) is 4.79 Å². The Morgan fingerprint density at radius 2 is 1.86 bits per heavy atom. The van der Waals surface area contributed by atoms with Gasteiger partial charge in [-0.1, -0.05) is 73.8 Å². The summed E-state index contributed by atoms with van der Waals surface area (Å²) in [6.45, 7) is 4.65. The molecule has 1 aliphatic rings. The van der Waals surface area contributed by atoms with Crippen molar-refractivity contribution >= 4 is 43.8 Å². The Morgan fingerprint density at radius 1 is 1.17 bits per heavy atom. The van der Waals surface area contributed by atoms with Crippen molar-refractivity contribution in [3.05, 3.63) is 74.2 Å². The number of carbonyl (C=O) groups is 1. The van der Waals surface area contributed by atoms with E-state index in [0.717, 1.165) is 34.0 Å². The Labute approximate surface area is 191 Å². The lowest BCUT2D eigenvalue weighted by Gasteiger charge is -2.27. The van der Waals surface area contributed by atoms with Crippen LogP contribution in [0.4, 0.5) is 0 Å². The second-order valence-corrected chi connectivity index (χ2v) is 9.68. The molecule has 1 fully saturated rings. The van der Waals surface area contributed by atoms with Crippen LogP contribution in [0.25, 0.3) is 6.08 Å². The summed E-state index contributed by atoms with van der Waals surface area (Å²) in [5.74, 6) is 0.0773. The Bertz CT molecular complexity index is 846. The minimum Gasteiger partial charge on any atom is -0.335 e. The van der Waals surface area contributed by atoms with Crippen LogP contribution in [0, 0.1) is 0 Å². The molecule has 0 aliphatic carbocycles. The lowest BCUT2D eigenvalue weighted by atomic mass is 10.1. The summed E-state index contributed by atoms with van der Waals surface area (Å²) >= 11 is 7.01. The van der Waals surface area contributed by atoms with Crippen molar-refractivity contribution < 1.29 is 4.79 Å². The molecule has 1 heterocycles. The van der Waals surface area contributed by atoms with Gasteiger partial charge in [0.1, 0.15) is 0 Å². The lowest BCUT2D eigenvalue weighted by molar-refractivity contribution is 0.0757. The highest BCUT2D eigenvalue weighted by molar-refractivity contribution is 9.11. The SMILES string of the molecule is C/C(=C\c1ccccc1)CN(CCC1CCCN1C)C(=O)c1cc(Br)cc(Br)c1. The smallest absolute Gasteiger partial charge is 0.254 e. The number of halogens is 2. The lowest BCUT2D eigenvalue weighted by Crippen LogP contribution is -2.37. The van der Waals surface area contributed by atoms with Gasteiger partial charge < -0.3 is 9.80 Å². The standard InChI is InChI=1S/C24H28Br2N2O/c1-18(13-19-7-4-3-5-8-19)17-28(12-10-23-9-6-11-27(23)2)24(29)20-14-21(25)16-22(26)15-20/h3-5,7-8,13-16,23H,6,9-12,17H2,1-2H3/b18-13+. The molecule has 2 aromatic rings. The van der Waals surface area contributed by atoms with Gasteiger partial charge in [0.2, 0.25) is 0 Å². The number of likely N-dealkylation sites (tertiary alicyclic amines) is 1. The van der Waals surface area contributed by atoms with Gasteiger partial charge in [0, 0.05) is 33.6 Å². The molecular formula is C24H28Br2N2O. The number of benzene rings is 2. The van der Waals surface area contributed by atoms with Gasteiger partial charge in [0.15, 0.2) is 0 Å². The van der Waals surface area contributed by atoms with Crippen LogP contribution in [-0.4, -0.2) is 48.4 Å². The van der Waals surface area contributed by atoms with Gasteiger partial charge >= 0.3 is 0 Å². The second kappa shape index (κ2) is 10.6. The van der Waals surface area contributed by atoms with E-state index < -0.39 is 0 Å². The van der Waals surface area contributed by atoms with Crippen molar-refractivity contribution in [1.29, 1.82) is 0 Å². The predicted octanol–water partition coefficient (Wildman–Crippen LogP) is 6.24. The maximum absolute atomic E-state index is 13.4. The minimum absolute atomic E-state index is 0.0773. The molecule has 0 aromatic heterocycles. The molecule has 0 saturated carbocycles. The van der Waals surface area contributed by atoms with Crippen LogP contribution in [-0.2, 0) is 0 Å². The first-order valence-electron chi connectivity index (χ1n) is 10.1. The highest BCUT2D eigenvalue weighted by Crippen LogP contribution is 2.23. The summed E-state index contributed by atoms with van der Waals surface area (Å²) < 4.78 is 1.81. The van der Waals surface area contributed by atoms with Crippen molar-refractivity contribution in [3.63, 3.8) is 0 Å². The zero-order chi connectivity index (χ0) is 20.8. The largest absolute Gasteiger partial charge is 0.335 e. The molecule has 29 heavy (non-hydrogen) atoms. The van der Waals surface area contributed by atoms with Gasteiger partial charge in [-0.25, -0.2) is 0 Å². The Hall–Kier alpha value is -1.43. The van der Waals surface area contributed by atoms with Crippen LogP contribution >= 0.6 is 31.9 Å². The maximum atomic E-state index is 13.4. The third-order valence-corrected chi connectivity index (χ3v) is 6.37. The van der Waals surface area contributed by atoms with Gasteiger partial charge in [0.25, 0.3) is 5.91 Å². The molecule has 2 aromatic carbocycles. The quantitative estimate of drug-likeness (QED) is 0.432. The molecular weight excluding hydrogens is 492 g/mol. The fourth-order valence-electron chi connectivity index (χ4n) is 3.94. The van der Waals surface area contributed by atoms with E-state index in [2.05, 4.69) is 68.9 Å². The summed E-state index contributed by atoms with van der Waals surface area (Å²) in [4.78, 5) is 17.8. The van der Waals surface area contributed by atoms with Crippen molar-refractivity contribution in [1.82, 2.24) is 9.80 Å². The molecule has 0 radical (unpaired) electrons. The van der Waals surface area contributed by atoms with Gasteiger partial charge in [0.05, 0.1) is 0 Å². The van der Waals surface area contributed by atoms with Gasteiger partial charge in [-0.05, 0) is 63.5 Å². The number of hydrogen-bond donors (Lipinski definition) is 0. The van der Waals surface area contributed by atoms with Crippen molar-refractivity contribution in [2.24, 2.45) is 0 Å². The highest BCUT2D eigenvalue weighted by atomic mass is 79.9. The average molecular weight is 520 g/mol. The molecule has 1 atom stereocenters. The fourth-order valence-corrected chi connectivity index (χ4v) is 5.24. The van der Waals surface area contributed by atoms with Gasteiger partial charge in [-0.15, -0.1) is 0 Å². The van der Waals surface area contributed by atoms with E-state index in [0.29, 0.717) is 18.2 Å². The van der Waals surface area contributed by atoms with E-state index in [-0.39, 0.29) is 5.91 Å². The molecule has 1 aliphatic heterocycles. The van der Waals surface area contributed by atoms with E-state index in [1.54, 1.807) is 0 Å². The number of amides is 1. The van der Waals surface area contributed by atoms with E-state index in [1.807, 2.05) is 41.3 Å². The Balaban J connectivity index is 1.78. The van der Waals surface area contributed by atoms with Crippen LogP contribution in [0.1, 0.15) is 42.1 Å². The summed E-state index contributed by atoms with van der Waals surface area (Å²) in [6.07, 6.45) is 5.65. The Kier molecular flexibility index (Phi) is 8.10. The number of rotatable bonds is 7. The van der Waals surface area contributed by atoms with Crippen LogP contribution in [0.15, 0.2) is 63.0 Å². The molecule has 5 heteroatoms. The molecule has 0 bridgehead atoms. The van der Waals surface area contributed by atoms with E-state index >= 15 is 0 Å². The monoisotopic (exact) mass is 518 g/mol. The predicted molar refractivity (Wildman–Crippen MR) is 128 cm³/mol. The number of nitrogens with zero attached hydrogens (tertiary/aromatic N) is 2. The summed E-state index contributed by atoms with van der Waals surface area (Å²) in [5, 5.41) is 0. The summed E-state index contributed by atoms with van der Waals surface area (Å²) in [6, 6.07) is 16.6. The van der Waals surface area contributed by atoms with Crippen molar-refractivity contribution in [2.75, 3.05) is 26.7 Å². The molecule has 1 amide bonds. The number of hydrogen-bond acceptors (Lipinski definition) is 2. The number of carbonyl (C=O) groups excluding carboxylic acids is 1. The molecule has 3 rings (SSSR count). The first kappa shape index (κ1) is 22.3. The van der Waals surface area contributed by atoms with Crippen molar-refractivity contribution in [3.8, 4) is 0 Å². The topological polar surface area (TPSA) is 23.6 Å². The third kappa shape index (κ3) is 6.53. The van der Waals surface area contributed by atoms with Crippen LogP contribution in [0.3, 0.4) is 0 Å². The molecule has 3 nitrogen and oxygen atoms in total. The maximum Gasteiger partial charge on any atom is 0.254 e. The summed E-state index contributed by atoms with van der Waals surface area (Å²) in [7, 11) is 2.19. The molecule has 0 spiro atoms. The van der Waals surface area contributed by atoms with E-state index in [4.69, 9.17) is 0 Å². The average Bonchev–Trinajstić information content (AvgIpc) is 3.09.